The molecule has 1 heterocycles. The summed E-state index contributed by atoms with van der Waals surface area (Å²) < 4.78 is 29.0. The van der Waals surface area contributed by atoms with Crippen LogP contribution in [-0.2, 0) is 6.54 Å². The average Bonchev–Trinajstić information content (AvgIpc) is 2.66. The van der Waals surface area contributed by atoms with Crippen LogP contribution >= 0.6 is 12.2 Å². The summed E-state index contributed by atoms with van der Waals surface area (Å²) in [4.78, 5) is 2.93. The Hall–Kier alpha value is -1.49. The quantitative estimate of drug-likeness (QED) is 0.835. The van der Waals surface area contributed by atoms with Crippen LogP contribution in [0.1, 0.15) is 31.0 Å². The van der Waals surface area contributed by atoms with Crippen molar-refractivity contribution in [1.29, 1.82) is 0 Å². The summed E-state index contributed by atoms with van der Waals surface area (Å²) in [6.07, 6.45) is 1.81. The van der Waals surface area contributed by atoms with Crippen molar-refractivity contribution in [3.63, 3.8) is 0 Å². The van der Waals surface area contributed by atoms with Gasteiger partial charge in [0, 0.05) is 17.5 Å². The van der Waals surface area contributed by atoms with Crippen molar-refractivity contribution in [2.75, 3.05) is 0 Å². The van der Waals surface area contributed by atoms with Crippen LogP contribution in [0.2, 0.25) is 0 Å². The SMILES string of the molecule is CC(C)c1c[nH]c(=S)n1Cc1cc(F)ccc1F. The van der Waals surface area contributed by atoms with E-state index >= 15 is 0 Å². The van der Waals surface area contributed by atoms with E-state index in [4.69, 9.17) is 12.2 Å². The fourth-order valence-corrected chi connectivity index (χ4v) is 2.11. The number of hydrogen-bond acceptors (Lipinski definition) is 1. The molecule has 0 fully saturated rings. The zero-order valence-electron chi connectivity index (χ0n) is 10.2. The second kappa shape index (κ2) is 5.02. The first-order chi connectivity index (χ1) is 8.49. The third-order valence-corrected chi connectivity index (χ3v) is 3.17. The normalized spacial score (nSPS) is 11.2. The molecule has 0 aliphatic carbocycles. The van der Waals surface area contributed by atoms with Crippen molar-refractivity contribution in [3.8, 4) is 0 Å². The number of rotatable bonds is 3. The maximum Gasteiger partial charge on any atom is 0.177 e. The lowest BCUT2D eigenvalue weighted by molar-refractivity contribution is 0.570. The molecule has 0 spiro atoms. The minimum Gasteiger partial charge on any atom is -0.337 e. The van der Waals surface area contributed by atoms with Crippen LogP contribution in [0, 0.1) is 16.4 Å². The molecule has 0 atom stereocenters. The summed E-state index contributed by atoms with van der Waals surface area (Å²) in [5.41, 5.74) is 1.27. The van der Waals surface area contributed by atoms with E-state index in [0.717, 1.165) is 17.8 Å². The molecular weight excluding hydrogens is 254 g/mol. The van der Waals surface area contributed by atoms with E-state index < -0.39 is 11.6 Å². The van der Waals surface area contributed by atoms with Crippen LogP contribution in [0.15, 0.2) is 24.4 Å². The van der Waals surface area contributed by atoms with Crippen LogP contribution in [-0.4, -0.2) is 9.55 Å². The van der Waals surface area contributed by atoms with Gasteiger partial charge in [-0.2, -0.15) is 0 Å². The molecule has 1 N–H and O–H groups in total. The minimum atomic E-state index is -0.445. The number of aromatic amines is 1. The van der Waals surface area contributed by atoms with Crippen LogP contribution in [0.3, 0.4) is 0 Å². The highest BCUT2D eigenvalue weighted by atomic mass is 32.1. The number of nitrogens with zero attached hydrogens (tertiary/aromatic N) is 1. The maximum absolute atomic E-state index is 13.6. The lowest BCUT2D eigenvalue weighted by atomic mass is 10.1. The van der Waals surface area contributed by atoms with Gasteiger partial charge in [-0.3, -0.25) is 0 Å². The maximum atomic E-state index is 13.6. The monoisotopic (exact) mass is 268 g/mol. The van der Waals surface area contributed by atoms with Crippen molar-refractivity contribution in [2.24, 2.45) is 0 Å². The first kappa shape index (κ1) is 13.0. The second-order valence-corrected chi connectivity index (χ2v) is 4.88. The van der Waals surface area contributed by atoms with E-state index in [0.29, 0.717) is 10.3 Å². The molecule has 0 radical (unpaired) electrons. The third-order valence-electron chi connectivity index (χ3n) is 2.83. The van der Waals surface area contributed by atoms with Gasteiger partial charge in [-0.25, -0.2) is 8.78 Å². The summed E-state index contributed by atoms with van der Waals surface area (Å²) in [6, 6.07) is 3.45. The molecule has 0 amide bonds. The molecule has 5 heteroatoms. The fraction of sp³-hybridized carbons (Fsp3) is 0.308. The van der Waals surface area contributed by atoms with Gasteiger partial charge in [0.2, 0.25) is 0 Å². The van der Waals surface area contributed by atoms with E-state index in [1.165, 1.54) is 6.07 Å². The number of halogens is 2. The van der Waals surface area contributed by atoms with Crippen molar-refractivity contribution in [2.45, 2.75) is 26.3 Å². The average molecular weight is 268 g/mol. The first-order valence-electron chi connectivity index (χ1n) is 5.71. The largest absolute Gasteiger partial charge is 0.337 e. The van der Waals surface area contributed by atoms with Crippen LogP contribution in [0.4, 0.5) is 8.78 Å². The smallest absolute Gasteiger partial charge is 0.177 e. The summed E-state index contributed by atoms with van der Waals surface area (Å²) in [6.45, 7) is 4.28. The van der Waals surface area contributed by atoms with Gasteiger partial charge in [-0.05, 0) is 36.3 Å². The van der Waals surface area contributed by atoms with E-state index in [1.54, 1.807) is 4.57 Å². The summed E-state index contributed by atoms with van der Waals surface area (Å²) >= 11 is 5.16. The van der Waals surface area contributed by atoms with Crippen LogP contribution < -0.4 is 0 Å². The van der Waals surface area contributed by atoms with Crippen LogP contribution in [0.25, 0.3) is 0 Å². The topological polar surface area (TPSA) is 20.7 Å². The van der Waals surface area contributed by atoms with Gasteiger partial charge in [0.15, 0.2) is 4.77 Å². The van der Waals surface area contributed by atoms with Crippen molar-refractivity contribution in [1.82, 2.24) is 9.55 Å². The van der Waals surface area contributed by atoms with Gasteiger partial charge < -0.3 is 9.55 Å². The van der Waals surface area contributed by atoms with E-state index in [-0.39, 0.29) is 12.5 Å². The van der Waals surface area contributed by atoms with Gasteiger partial charge >= 0.3 is 0 Å². The standard InChI is InChI=1S/C13H14F2N2S/c1-8(2)12-6-16-13(18)17(12)7-9-5-10(14)3-4-11(9)15/h3-6,8H,7H2,1-2H3,(H,16,18). The van der Waals surface area contributed by atoms with Gasteiger partial charge in [-0.15, -0.1) is 0 Å². The Kier molecular flexibility index (Phi) is 3.61. The second-order valence-electron chi connectivity index (χ2n) is 4.50. The molecule has 18 heavy (non-hydrogen) atoms. The molecule has 0 saturated heterocycles. The molecule has 2 nitrogen and oxygen atoms in total. The highest BCUT2D eigenvalue weighted by Gasteiger charge is 2.11. The number of benzene rings is 1. The minimum absolute atomic E-state index is 0.236. The molecule has 1 aromatic heterocycles. The zero-order chi connectivity index (χ0) is 13.3. The number of imidazole rings is 1. The molecule has 0 aliphatic rings. The highest BCUT2D eigenvalue weighted by molar-refractivity contribution is 7.71. The number of nitrogens with one attached hydrogen (secondary N) is 1. The fourth-order valence-electron chi connectivity index (χ4n) is 1.89. The molecule has 0 unspecified atom stereocenters. The number of hydrogen-bond donors (Lipinski definition) is 1. The molecule has 2 aromatic rings. The predicted octanol–water partition coefficient (Wildman–Crippen LogP) is 4.00. The predicted molar refractivity (Wildman–Crippen MR) is 69.2 cm³/mol. The molecule has 0 saturated carbocycles. The Bertz CT molecular complexity index is 614. The summed E-state index contributed by atoms with van der Waals surface area (Å²) in [5, 5.41) is 0. The van der Waals surface area contributed by atoms with Crippen molar-refractivity contribution < 1.29 is 8.78 Å². The Morgan fingerprint density at radius 1 is 1.33 bits per heavy atom. The molecule has 1 aromatic carbocycles. The van der Waals surface area contributed by atoms with Gasteiger partial charge in [0.1, 0.15) is 11.6 Å². The Labute approximate surface area is 109 Å². The summed E-state index contributed by atoms with van der Waals surface area (Å²) in [5.74, 6) is -0.608. The Morgan fingerprint density at radius 3 is 2.72 bits per heavy atom. The molecule has 0 aliphatic heterocycles. The van der Waals surface area contributed by atoms with Gasteiger partial charge in [0.25, 0.3) is 0 Å². The molecule has 2 rings (SSSR count). The zero-order valence-corrected chi connectivity index (χ0v) is 11.0. The molecule has 0 bridgehead atoms. The summed E-state index contributed by atoms with van der Waals surface area (Å²) in [7, 11) is 0. The number of aromatic nitrogens is 2. The van der Waals surface area contributed by atoms with Gasteiger partial charge in [0.05, 0.1) is 6.54 Å². The van der Waals surface area contributed by atoms with E-state index in [9.17, 15) is 8.78 Å². The third kappa shape index (κ3) is 2.51. The Balaban J connectivity index is 2.43. The lowest BCUT2D eigenvalue weighted by Gasteiger charge is -2.11. The Morgan fingerprint density at radius 2 is 2.06 bits per heavy atom. The molecular formula is C13H14F2N2S. The first-order valence-corrected chi connectivity index (χ1v) is 6.12. The highest BCUT2D eigenvalue weighted by Crippen LogP contribution is 2.18. The lowest BCUT2D eigenvalue weighted by Crippen LogP contribution is -2.07. The van der Waals surface area contributed by atoms with Crippen molar-refractivity contribution in [3.05, 3.63) is 52.1 Å². The van der Waals surface area contributed by atoms with Crippen LogP contribution in [0.5, 0.6) is 0 Å². The number of H-pyrrole nitrogens is 1. The van der Waals surface area contributed by atoms with Crippen molar-refractivity contribution >= 4 is 12.2 Å². The van der Waals surface area contributed by atoms with E-state index in [2.05, 4.69) is 4.98 Å². The van der Waals surface area contributed by atoms with Gasteiger partial charge in [-0.1, -0.05) is 13.8 Å². The van der Waals surface area contributed by atoms with E-state index in [1.807, 2.05) is 20.0 Å². The molecule has 96 valence electrons.